The molecule has 0 aliphatic carbocycles. The third kappa shape index (κ3) is 4.34. The van der Waals surface area contributed by atoms with Gasteiger partial charge in [-0.1, -0.05) is 20.3 Å². The number of nitrogens with two attached hydrogens (primary N) is 1. The van der Waals surface area contributed by atoms with Crippen molar-refractivity contribution < 1.29 is 9.53 Å². The van der Waals surface area contributed by atoms with E-state index >= 15 is 0 Å². The van der Waals surface area contributed by atoms with E-state index in [1.165, 1.54) is 0 Å². The molecular weight excluding hydrogens is 154 g/mol. The molecule has 0 aliphatic heterocycles. The average Bonchev–Trinajstić information content (AvgIpc) is 2.03. The van der Waals surface area contributed by atoms with Crippen molar-refractivity contribution in [3.63, 3.8) is 0 Å². The fourth-order valence-electron chi connectivity index (χ4n) is 0.918. The van der Waals surface area contributed by atoms with Gasteiger partial charge in [0.05, 0.1) is 6.10 Å². The lowest BCUT2D eigenvalue weighted by atomic mass is 10.2. The summed E-state index contributed by atoms with van der Waals surface area (Å²) in [5, 5.41) is 0. The maximum atomic E-state index is 11.1. The second-order valence-electron chi connectivity index (χ2n) is 3.05. The quantitative estimate of drug-likeness (QED) is 0.640. The predicted molar refractivity (Wildman–Crippen MR) is 48.7 cm³/mol. The maximum Gasteiger partial charge on any atom is 0.323 e. The van der Waals surface area contributed by atoms with Crippen molar-refractivity contribution in [2.45, 2.75) is 52.2 Å². The van der Waals surface area contributed by atoms with Gasteiger partial charge in [0.1, 0.15) is 6.04 Å². The first-order chi connectivity index (χ1) is 5.61. The van der Waals surface area contributed by atoms with Gasteiger partial charge < -0.3 is 10.5 Å². The summed E-state index contributed by atoms with van der Waals surface area (Å²) < 4.78 is 5.08. The first-order valence-electron chi connectivity index (χ1n) is 4.57. The largest absolute Gasteiger partial charge is 0.462 e. The minimum Gasteiger partial charge on any atom is -0.462 e. The van der Waals surface area contributed by atoms with Gasteiger partial charge in [0.25, 0.3) is 0 Å². The van der Waals surface area contributed by atoms with E-state index in [1.54, 1.807) is 0 Å². The normalized spacial score (nSPS) is 15.3. The number of esters is 1. The third-order valence-electron chi connectivity index (χ3n) is 1.76. The molecule has 3 heteroatoms. The van der Waals surface area contributed by atoms with Gasteiger partial charge in [-0.3, -0.25) is 4.79 Å². The van der Waals surface area contributed by atoms with Gasteiger partial charge in [0, 0.05) is 0 Å². The van der Waals surface area contributed by atoms with E-state index in [1.807, 2.05) is 13.8 Å². The average molecular weight is 173 g/mol. The van der Waals surface area contributed by atoms with E-state index in [9.17, 15) is 4.79 Å². The van der Waals surface area contributed by atoms with Crippen molar-refractivity contribution in [2.24, 2.45) is 5.73 Å². The summed E-state index contributed by atoms with van der Waals surface area (Å²) in [4.78, 5) is 11.1. The number of carbonyl (C=O) groups excluding carboxylic acids is 1. The number of ether oxygens (including phenoxy) is 1. The van der Waals surface area contributed by atoms with Crippen LogP contribution >= 0.6 is 0 Å². The Morgan fingerprint density at radius 2 is 2.08 bits per heavy atom. The first-order valence-corrected chi connectivity index (χ1v) is 4.57. The second-order valence-corrected chi connectivity index (χ2v) is 3.05. The molecule has 2 atom stereocenters. The Morgan fingerprint density at radius 3 is 2.50 bits per heavy atom. The van der Waals surface area contributed by atoms with Crippen molar-refractivity contribution in [3.8, 4) is 0 Å². The molecule has 0 heterocycles. The van der Waals surface area contributed by atoms with Crippen LogP contribution in [0.4, 0.5) is 0 Å². The lowest BCUT2D eigenvalue weighted by Gasteiger charge is -2.14. The molecule has 0 aromatic rings. The SMILES string of the molecule is CCCC(C)OC(=O)[C@H](N)CC. The van der Waals surface area contributed by atoms with Crippen LogP contribution in [0.1, 0.15) is 40.0 Å². The standard InChI is InChI=1S/C9H19NO2/c1-4-6-7(3)12-9(11)8(10)5-2/h7-8H,4-6,10H2,1-3H3/t7?,8-/m1/s1. The van der Waals surface area contributed by atoms with Crippen LogP contribution in [-0.4, -0.2) is 18.1 Å². The smallest absolute Gasteiger partial charge is 0.323 e. The number of carbonyl (C=O) groups is 1. The molecule has 0 saturated carbocycles. The van der Waals surface area contributed by atoms with Crippen LogP contribution in [0.25, 0.3) is 0 Å². The Kier molecular flexibility index (Phi) is 5.72. The molecule has 0 rings (SSSR count). The summed E-state index contributed by atoms with van der Waals surface area (Å²) in [6, 6.07) is -0.454. The minimum absolute atomic E-state index is 0.0000926. The number of rotatable bonds is 5. The monoisotopic (exact) mass is 173 g/mol. The first kappa shape index (κ1) is 11.4. The van der Waals surface area contributed by atoms with E-state index < -0.39 is 6.04 Å². The van der Waals surface area contributed by atoms with Crippen LogP contribution in [-0.2, 0) is 9.53 Å². The van der Waals surface area contributed by atoms with E-state index in [-0.39, 0.29) is 12.1 Å². The van der Waals surface area contributed by atoms with Crippen molar-refractivity contribution in [1.82, 2.24) is 0 Å². The molecule has 0 aliphatic rings. The fourth-order valence-corrected chi connectivity index (χ4v) is 0.918. The molecule has 12 heavy (non-hydrogen) atoms. The zero-order valence-corrected chi connectivity index (χ0v) is 8.17. The molecular formula is C9H19NO2. The van der Waals surface area contributed by atoms with Crippen molar-refractivity contribution >= 4 is 5.97 Å². The zero-order chi connectivity index (χ0) is 9.56. The third-order valence-corrected chi connectivity index (χ3v) is 1.76. The fraction of sp³-hybridized carbons (Fsp3) is 0.889. The van der Waals surface area contributed by atoms with Crippen molar-refractivity contribution in [2.75, 3.05) is 0 Å². The molecule has 0 aromatic heterocycles. The molecule has 0 spiro atoms. The van der Waals surface area contributed by atoms with Gasteiger partial charge >= 0.3 is 5.97 Å². The summed E-state index contributed by atoms with van der Waals surface area (Å²) >= 11 is 0. The molecule has 3 nitrogen and oxygen atoms in total. The minimum atomic E-state index is -0.454. The molecule has 2 N–H and O–H groups in total. The molecule has 0 radical (unpaired) electrons. The zero-order valence-electron chi connectivity index (χ0n) is 8.17. The van der Waals surface area contributed by atoms with Crippen LogP contribution < -0.4 is 5.73 Å². The summed E-state index contributed by atoms with van der Waals surface area (Å²) in [6.07, 6.45) is 2.57. The number of hydrogen-bond acceptors (Lipinski definition) is 3. The molecule has 72 valence electrons. The molecule has 0 bridgehead atoms. The summed E-state index contributed by atoms with van der Waals surface area (Å²) in [5.74, 6) is -0.279. The highest BCUT2D eigenvalue weighted by atomic mass is 16.5. The lowest BCUT2D eigenvalue weighted by molar-refractivity contribution is -0.150. The molecule has 0 saturated heterocycles. The van der Waals surface area contributed by atoms with Crippen LogP contribution in [0.3, 0.4) is 0 Å². The second kappa shape index (κ2) is 6.00. The summed E-state index contributed by atoms with van der Waals surface area (Å²) in [7, 11) is 0. The Balaban J connectivity index is 3.67. The Labute approximate surface area is 74.3 Å². The predicted octanol–water partition coefficient (Wildman–Crippen LogP) is 1.46. The highest BCUT2D eigenvalue weighted by Crippen LogP contribution is 2.02. The van der Waals surface area contributed by atoms with Gasteiger partial charge in [-0.2, -0.15) is 0 Å². The Bertz CT molecular complexity index is 136. The van der Waals surface area contributed by atoms with Gasteiger partial charge in [0.15, 0.2) is 0 Å². The van der Waals surface area contributed by atoms with Crippen LogP contribution in [0.5, 0.6) is 0 Å². The van der Waals surface area contributed by atoms with Crippen molar-refractivity contribution in [1.29, 1.82) is 0 Å². The van der Waals surface area contributed by atoms with Gasteiger partial charge in [-0.05, 0) is 19.8 Å². The highest BCUT2D eigenvalue weighted by molar-refractivity contribution is 5.75. The van der Waals surface area contributed by atoms with Crippen molar-refractivity contribution in [3.05, 3.63) is 0 Å². The van der Waals surface area contributed by atoms with Crippen LogP contribution in [0.2, 0.25) is 0 Å². The summed E-state index contributed by atoms with van der Waals surface area (Å²) in [5.41, 5.74) is 5.49. The number of hydrogen-bond donors (Lipinski definition) is 1. The Hall–Kier alpha value is -0.570. The highest BCUT2D eigenvalue weighted by Gasteiger charge is 2.14. The van der Waals surface area contributed by atoms with Gasteiger partial charge in [-0.15, -0.1) is 0 Å². The molecule has 0 aromatic carbocycles. The van der Waals surface area contributed by atoms with Gasteiger partial charge in [-0.25, -0.2) is 0 Å². The topological polar surface area (TPSA) is 52.3 Å². The molecule has 1 unspecified atom stereocenters. The van der Waals surface area contributed by atoms with E-state index in [2.05, 4.69) is 6.92 Å². The van der Waals surface area contributed by atoms with Gasteiger partial charge in [0.2, 0.25) is 0 Å². The van der Waals surface area contributed by atoms with E-state index in [4.69, 9.17) is 10.5 Å². The summed E-state index contributed by atoms with van der Waals surface area (Å²) in [6.45, 7) is 5.82. The maximum absolute atomic E-state index is 11.1. The molecule has 0 fully saturated rings. The Morgan fingerprint density at radius 1 is 1.50 bits per heavy atom. The lowest BCUT2D eigenvalue weighted by Crippen LogP contribution is -2.33. The van der Waals surface area contributed by atoms with E-state index in [0.717, 1.165) is 12.8 Å². The van der Waals surface area contributed by atoms with E-state index in [0.29, 0.717) is 6.42 Å². The molecule has 0 amide bonds. The van der Waals surface area contributed by atoms with Crippen LogP contribution in [0, 0.1) is 0 Å². The van der Waals surface area contributed by atoms with Crippen LogP contribution in [0.15, 0.2) is 0 Å².